The zero-order chi connectivity index (χ0) is 22.3. The molecule has 4 heteroatoms. The van der Waals surface area contributed by atoms with Crippen molar-refractivity contribution >= 4 is 35.4 Å². The molecule has 0 saturated heterocycles. The summed E-state index contributed by atoms with van der Waals surface area (Å²) in [5.41, 5.74) is 6.18. The second-order valence-corrected chi connectivity index (χ2v) is 7.73. The molecule has 0 aliphatic rings. The first-order chi connectivity index (χ1) is 15.2. The van der Waals surface area contributed by atoms with E-state index in [2.05, 4.69) is 19.1 Å². The van der Waals surface area contributed by atoms with Crippen LogP contribution in [-0.2, 0) is 22.4 Å². The number of hydrogen-bond acceptors (Lipinski definition) is 4. The number of aliphatic imine (C=N–C) groups is 2. The molecule has 0 unspecified atom stereocenters. The summed E-state index contributed by atoms with van der Waals surface area (Å²) in [4.78, 5) is 31.3. The van der Waals surface area contributed by atoms with Gasteiger partial charge in [-0.15, -0.1) is 0 Å². The van der Waals surface area contributed by atoms with Gasteiger partial charge < -0.3 is 9.59 Å². The molecule has 0 aromatic heterocycles. The molecule has 2 aromatic carbocycles. The molecule has 0 N–H and O–H groups in total. The fourth-order valence-electron chi connectivity index (χ4n) is 3.47. The minimum absolute atomic E-state index is 0.571. The second-order valence-electron chi connectivity index (χ2n) is 7.73. The predicted molar refractivity (Wildman–Crippen MR) is 130 cm³/mol. The van der Waals surface area contributed by atoms with Crippen molar-refractivity contribution in [3.8, 4) is 0 Å². The first-order valence-electron chi connectivity index (χ1n) is 11.4. The second kappa shape index (κ2) is 14.2. The van der Waals surface area contributed by atoms with Crippen molar-refractivity contribution in [1.29, 1.82) is 0 Å². The van der Waals surface area contributed by atoms with E-state index in [4.69, 9.17) is 9.98 Å². The molecule has 0 aliphatic heterocycles. The van der Waals surface area contributed by atoms with Crippen molar-refractivity contribution in [1.82, 2.24) is 0 Å². The SMILES string of the molecule is CCCCC(=Nc1ccccc1CCCC=O)C(C)=Nc1ccccc1CCCC=O. The van der Waals surface area contributed by atoms with Crippen molar-refractivity contribution in [2.75, 3.05) is 0 Å². The quantitative estimate of drug-likeness (QED) is 0.193. The maximum Gasteiger partial charge on any atom is 0.120 e. The normalized spacial score (nSPS) is 12.1. The minimum atomic E-state index is 0.571. The summed E-state index contributed by atoms with van der Waals surface area (Å²) >= 11 is 0. The summed E-state index contributed by atoms with van der Waals surface area (Å²) in [5, 5.41) is 0. The smallest absolute Gasteiger partial charge is 0.120 e. The molecule has 0 spiro atoms. The lowest BCUT2D eigenvalue weighted by Gasteiger charge is -2.11. The Balaban J connectivity index is 2.34. The van der Waals surface area contributed by atoms with Crippen LogP contribution in [0.4, 0.5) is 11.4 Å². The number of carbonyl (C=O) groups excluding carboxylic acids is 2. The molecule has 164 valence electrons. The van der Waals surface area contributed by atoms with Crippen LogP contribution in [0.5, 0.6) is 0 Å². The molecule has 0 aliphatic carbocycles. The van der Waals surface area contributed by atoms with Gasteiger partial charge >= 0.3 is 0 Å². The number of rotatable bonds is 14. The molecule has 2 rings (SSSR count). The summed E-state index contributed by atoms with van der Waals surface area (Å²) in [6.07, 6.45) is 9.46. The molecular formula is C27H34N2O2. The van der Waals surface area contributed by atoms with E-state index in [1.165, 1.54) is 5.56 Å². The van der Waals surface area contributed by atoms with Gasteiger partial charge in [0.25, 0.3) is 0 Å². The Labute approximate surface area is 186 Å². The molecule has 0 fully saturated rings. The van der Waals surface area contributed by atoms with Gasteiger partial charge in [0, 0.05) is 12.8 Å². The van der Waals surface area contributed by atoms with E-state index in [1.54, 1.807) is 0 Å². The van der Waals surface area contributed by atoms with Crippen molar-refractivity contribution in [2.45, 2.75) is 71.6 Å². The largest absolute Gasteiger partial charge is 0.303 e. The molecule has 4 nitrogen and oxygen atoms in total. The fraction of sp³-hybridized carbons (Fsp3) is 0.407. The van der Waals surface area contributed by atoms with Gasteiger partial charge in [0.1, 0.15) is 12.6 Å². The number of carbonyl (C=O) groups is 2. The van der Waals surface area contributed by atoms with Crippen LogP contribution in [0.25, 0.3) is 0 Å². The van der Waals surface area contributed by atoms with Crippen molar-refractivity contribution in [3.63, 3.8) is 0 Å². The van der Waals surface area contributed by atoms with Crippen LogP contribution in [0.3, 0.4) is 0 Å². The van der Waals surface area contributed by atoms with Crippen LogP contribution < -0.4 is 0 Å². The number of aryl methyl sites for hydroxylation is 2. The third kappa shape index (κ3) is 8.41. The molecule has 2 aromatic rings. The maximum atomic E-state index is 10.7. The van der Waals surface area contributed by atoms with E-state index < -0.39 is 0 Å². The van der Waals surface area contributed by atoms with Crippen LogP contribution in [0, 0.1) is 0 Å². The number of aldehydes is 2. The average molecular weight is 419 g/mol. The van der Waals surface area contributed by atoms with Gasteiger partial charge in [-0.05, 0) is 68.7 Å². The molecule has 0 atom stereocenters. The zero-order valence-corrected chi connectivity index (χ0v) is 18.8. The highest BCUT2D eigenvalue weighted by molar-refractivity contribution is 6.42. The number of unbranched alkanes of at least 4 members (excludes halogenated alkanes) is 3. The summed E-state index contributed by atoms with van der Waals surface area (Å²) in [5.74, 6) is 0. The van der Waals surface area contributed by atoms with E-state index in [9.17, 15) is 9.59 Å². The van der Waals surface area contributed by atoms with Gasteiger partial charge in [0.15, 0.2) is 0 Å². The highest BCUT2D eigenvalue weighted by Gasteiger charge is 2.09. The van der Waals surface area contributed by atoms with Crippen LogP contribution in [0.1, 0.15) is 69.9 Å². The summed E-state index contributed by atoms with van der Waals surface area (Å²) in [6, 6.07) is 16.3. The summed E-state index contributed by atoms with van der Waals surface area (Å²) in [6.45, 7) is 4.21. The molecular weight excluding hydrogens is 384 g/mol. The highest BCUT2D eigenvalue weighted by Crippen LogP contribution is 2.24. The average Bonchev–Trinajstić information content (AvgIpc) is 2.79. The molecule has 0 heterocycles. The first kappa shape index (κ1) is 24.4. The number of para-hydroxylation sites is 2. The Morgan fingerprint density at radius 2 is 1.29 bits per heavy atom. The Kier molecular flexibility index (Phi) is 11.2. The van der Waals surface area contributed by atoms with Crippen molar-refractivity contribution in [3.05, 3.63) is 59.7 Å². The first-order valence-corrected chi connectivity index (χ1v) is 11.4. The van der Waals surface area contributed by atoms with Gasteiger partial charge in [-0.1, -0.05) is 49.7 Å². The van der Waals surface area contributed by atoms with E-state index >= 15 is 0 Å². The molecule has 0 amide bonds. The molecule has 31 heavy (non-hydrogen) atoms. The fourth-order valence-corrected chi connectivity index (χ4v) is 3.47. The summed E-state index contributed by atoms with van der Waals surface area (Å²) in [7, 11) is 0. The standard InChI is InChI=1S/C27H34N2O2/c1-3-4-17-25(29-27-19-8-6-14-24(27)16-10-12-21-31)22(2)28-26-18-7-5-13-23(26)15-9-11-20-30/h5-8,13-14,18-21H,3-4,9-12,15-17H2,1-2H3. The van der Waals surface area contributed by atoms with Gasteiger partial charge in [0.05, 0.1) is 22.8 Å². The number of benzene rings is 2. The number of hydrogen-bond donors (Lipinski definition) is 0. The number of nitrogens with zero attached hydrogens (tertiary/aromatic N) is 2. The lowest BCUT2D eigenvalue weighted by Crippen LogP contribution is -2.10. The van der Waals surface area contributed by atoms with Gasteiger partial charge in [-0.25, -0.2) is 0 Å². The Hall–Kier alpha value is -2.88. The predicted octanol–water partition coefficient (Wildman–Crippen LogP) is 6.79. The topological polar surface area (TPSA) is 58.9 Å². The third-order valence-corrected chi connectivity index (χ3v) is 5.25. The van der Waals surface area contributed by atoms with Crippen LogP contribution >= 0.6 is 0 Å². The van der Waals surface area contributed by atoms with E-state index in [1.807, 2.05) is 43.3 Å². The maximum absolute atomic E-state index is 10.7. The van der Waals surface area contributed by atoms with Gasteiger partial charge in [-0.2, -0.15) is 0 Å². The zero-order valence-electron chi connectivity index (χ0n) is 18.8. The summed E-state index contributed by atoms with van der Waals surface area (Å²) < 4.78 is 0. The monoisotopic (exact) mass is 418 g/mol. The Morgan fingerprint density at radius 1 is 0.774 bits per heavy atom. The van der Waals surface area contributed by atoms with Gasteiger partial charge in [-0.3, -0.25) is 9.98 Å². The van der Waals surface area contributed by atoms with E-state index in [-0.39, 0.29) is 0 Å². The molecule has 0 radical (unpaired) electrons. The van der Waals surface area contributed by atoms with Gasteiger partial charge in [0.2, 0.25) is 0 Å². The van der Waals surface area contributed by atoms with Crippen LogP contribution in [0.15, 0.2) is 58.5 Å². The molecule has 0 bridgehead atoms. The van der Waals surface area contributed by atoms with Crippen molar-refractivity contribution in [2.24, 2.45) is 9.98 Å². The van der Waals surface area contributed by atoms with Crippen LogP contribution in [0.2, 0.25) is 0 Å². The molecule has 0 saturated carbocycles. The Bertz CT molecular complexity index is 900. The lowest BCUT2D eigenvalue weighted by atomic mass is 10.0. The van der Waals surface area contributed by atoms with Crippen LogP contribution in [-0.4, -0.2) is 24.0 Å². The lowest BCUT2D eigenvalue weighted by molar-refractivity contribution is -0.108. The third-order valence-electron chi connectivity index (χ3n) is 5.25. The minimum Gasteiger partial charge on any atom is -0.303 e. The highest BCUT2D eigenvalue weighted by atomic mass is 16.1. The van der Waals surface area contributed by atoms with Crippen molar-refractivity contribution < 1.29 is 9.59 Å². The van der Waals surface area contributed by atoms with E-state index in [0.717, 1.165) is 85.9 Å². The van der Waals surface area contributed by atoms with E-state index in [0.29, 0.717) is 12.8 Å². The Morgan fingerprint density at radius 3 is 1.81 bits per heavy atom.